The highest BCUT2D eigenvalue weighted by Gasteiger charge is 2.30. The van der Waals surface area contributed by atoms with Gasteiger partial charge >= 0.3 is 5.97 Å². The minimum Gasteiger partial charge on any atom is -0.494 e. The van der Waals surface area contributed by atoms with Crippen LogP contribution in [0.2, 0.25) is 0 Å². The van der Waals surface area contributed by atoms with Crippen molar-refractivity contribution < 1.29 is 22.7 Å². The lowest BCUT2D eigenvalue weighted by molar-refractivity contribution is 0.0597. The van der Waals surface area contributed by atoms with Crippen LogP contribution in [-0.2, 0) is 14.8 Å². The number of nitrogens with zero attached hydrogens (tertiary/aromatic N) is 1. The van der Waals surface area contributed by atoms with E-state index in [1.54, 1.807) is 0 Å². The van der Waals surface area contributed by atoms with Gasteiger partial charge in [-0.3, -0.25) is 4.31 Å². The van der Waals surface area contributed by atoms with Crippen molar-refractivity contribution in [2.75, 3.05) is 36.6 Å². The van der Waals surface area contributed by atoms with E-state index in [-0.39, 0.29) is 28.4 Å². The Labute approximate surface area is 123 Å². The van der Waals surface area contributed by atoms with E-state index in [2.05, 4.69) is 4.74 Å². The van der Waals surface area contributed by atoms with Gasteiger partial charge in [-0.25, -0.2) is 13.2 Å². The van der Waals surface area contributed by atoms with E-state index < -0.39 is 16.0 Å². The van der Waals surface area contributed by atoms with Crippen LogP contribution in [0.3, 0.4) is 0 Å². The number of rotatable bonds is 3. The molecule has 1 fully saturated rings. The van der Waals surface area contributed by atoms with Crippen molar-refractivity contribution in [2.45, 2.75) is 12.8 Å². The van der Waals surface area contributed by atoms with Crippen LogP contribution >= 0.6 is 0 Å². The molecule has 1 aromatic carbocycles. The van der Waals surface area contributed by atoms with Crippen molar-refractivity contribution in [1.82, 2.24) is 0 Å². The fourth-order valence-corrected chi connectivity index (χ4v) is 3.99. The minimum absolute atomic E-state index is 0.0680. The number of benzene rings is 1. The Balaban J connectivity index is 2.62. The third-order valence-corrected chi connectivity index (χ3v) is 5.17. The molecule has 0 radical (unpaired) electrons. The van der Waals surface area contributed by atoms with Crippen molar-refractivity contribution in [3.8, 4) is 5.75 Å². The van der Waals surface area contributed by atoms with Gasteiger partial charge in [0.05, 0.1) is 25.7 Å². The van der Waals surface area contributed by atoms with Crippen LogP contribution in [0.4, 0.5) is 11.4 Å². The Kier molecular flexibility index (Phi) is 4.26. The number of methoxy groups -OCH3 is 2. The molecular weight excluding hydrogens is 296 g/mol. The van der Waals surface area contributed by atoms with Crippen LogP contribution in [0.5, 0.6) is 5.75 Å². The van der Waals surface area contributed by atoms with Crippen molar-refractivity contribution in [2.24, 2.45) is 0 Å². The molecule has 1 heterocycles. The number of carbonyl (C=O) groups is 1. The summed E-state index contributed by atoms with van der Waals surface area (Å²) in [7, 11) is -0.818. The third-order valence-electron chi connectivity index (χ3n) is 3.32. The quantitative estimate of drug-likeness (QED) is 0.660. The Morgan fingerprint density at radius 2 is 2.00 bits per heavy atom. The topological polar surface area (TPSA) is 98.9 Å². The second-order valence-corrected chi connectivity index (χ2v) is 6.72. The van der Waals surface area contributed by atoms with Gasteiger partial charge < -0.3 is 15.2 Å². The molecule has 0 unspecified atom stereocenters. The molecule has 8 heteroatoms. The van der Waals surface area contributed by atoms with Crippen LogP contribution in [0, 0.1) is 0 Å². The highest BCUT2D eigenvalue weighted by Crippen LogP contribution is 2.37. The lowest BCUT2D eigenvalue weighted by Crippen LogP contribution is -2.38. The molecular formula is C13H18N2O5S. The van der Waals surface area contributed by atoms with Gasteiger partial charge in [0.15, 0.2) is 5.75 Å². The van der Waals surface area contributed by atoms with Gasteiger partial charge in [-0.15, -0.1) is 0 Å². The molecule has 0 aromatic heterocycles. The molecule has 0 spiro atoms. The maximum absolute atomic E-state index is 12.2. The highest BCUT2D eigenvalue weighted by atomic mass is 32.2. The van der Waals surface area contributed by atoms with Gasteiger partial charge in [-0.1, -0.05) is 0 Å². The van der Waals surface area contributed by atoms with E-state index in [0.717, 1.165) is 6.42 Å². The number of ether oxygens (including phenoxy) is 2. The number of nitrogens with two attached hydrogens (primary N) is 1. The molecule has 7 nitrogen and oxygen atoms in total. The summed E-state index contributed by atoms with van der Waals surface area (Å²) in [6.45, 7) is 0.336. The smallest absolute Gasteiger partial charge is 0.341 e. The van der Waals surface area contributed by atoms with E-state index in [4.69, 9.17) is 10.5 Å². The van der Waals surface area contributed by atoms with E-state index in [9.17, 15) is 13.2 Å². The van der Waals surface area contributed by atoms with Gasteiger partial charge in [0.25, 0.3) is 0 Å². The number of esters is 1. The zero-order valence-electron chi connectivity index (χ0n) is 12.0. The van der Waals surface area contributed by atoms with Crippen LogP contribution in [-0.4, -0.2) is 40.9 Å². The molecule has 1 aliphatic rings. The molecule has 0 aliphatic carbocycles. The first-order valence-corrected chi connectivity index (χ1v) is 8.08. The standard InChI is InChI=1S/C13H18N2O5S/c1-19-12-10(13(16)20-2)7-9(14)8-11(12)15-5-3-4-6-21(15,17)18/h7-8H,3-6,14H2,1-2H3. The van der Waals surface area contributed by atoms with Crippen LogP contribution < -0.4 is 14.8 Å². The zero-order valence-corrected chi connectivity index (χ0v) is 12.8. The van der Waals surface area contributed by atoms with E-state index in [1.807, 2.05) is 0 Å². The summed E-state index contributed by atoms with van der Waals surface area (Å²) in [5.41, 5.74) is 6.44. The second-order valence-electron chi connectivity index (χ2n) is 4.71. The Morgan fingerprint density at radius 1 is 1.29 bits per heavy atom. The molecule has 1 aliphatic heterocycles. The Hall–Kier alpha value is -1.96. The molecule has 21 heavy (non-hydrogen) atoms. The van der Waals surface area contributed by atoms with Crippen molar-refractivity contribution in [3.63, 3.8) is 0 Å². The fraction of sp³-hybridized carbons (Fsp3) is 0.462. The van der Waals surface area contributed by atoms with Gasteiger partial charge in [-0.05, 0) is 25.0 Å². The molecule has 0 amide bonds. The molecule has 2 rings (SSSR count). The average Bonchev–Trinajstić information content (AvgIpc) is 2.45. The second kappa shape index (κ2) is 5.80. The minimum atomic E-state index is -3.43. The molecule has 1 aromatic rings. The fourth-order valence-electron chi connectivity index (χ4n) is 2.36. The lowest BCUT2D eigenvalue weighted by atomic mass is 10.1. The van der Waals surface area contributed by atoms with Gasteiger partial charge in [0.2, 0.25) is 10.0 Å². The summed E-state index contributed by atoms with van der Waals surface area (Å²) < 4.78 is 35.6. The van der Waals surface area contributed by atoms with Crippen LogP contribution in [0.15, 0.2) is 12.1 Å². The van der Waals surface area contributed by atoms with E-state index >= 15 is 0 Å². The highest BCUT2D eigenvalue weighted by molar-refractivity contribution is 7.92. The molecule has 2 N–H and O–H groups in total. The van der Waals surface area contributed by atoms with Gasteiger partial charge in [0.1, 0.15) is 5.56 Å². The first kappa shape index (κ1) is 15.4. The first-order chi connectivity index (χ1) is 9.90. The maximum Gasteiger partial charge on any atom is 0.341 e. The van der Waals surface area contributed by atoms with E-state index in [0.29, 0.717) is 13.0 Å². The van der Waals surface area contributed by atoms with Gasteiger partial charge in [-0.2, -0.15) is 0 Å². The first-order valence-electron chi connectivity index (χ1n) is 6.47. The maximum atomic E-state index is 12.2. The Bertz CT molecular complexity index is 657. The number of sulfonamides is 1. The van der Waals surface area contributed by atoms with Gasteiger partial charge in [0, 0.05) is 12.2 Å². The summed E-state index contributed by atoms with van der Waals surface area (Å²) in [4.78, 5) is 11.8. The summed E-state index contributed by atoms with van der Waals surface area (Å²) in [5.74, 6) is -0.408. The molecule has 116 valence electrons. The normalized spacial score (nSPS) is 17.3. The number of nitrogen functional groups attached to an aromatic ring is 1. The van der Waals surface area contributed by atoms with Crippen LogP contribution in [0.1, 0.15) is 23.2 Å². The van der Waals surface area contributed by atoms with Crippen molar-refractivity contribution in [3.05, 3.63) is 17.7 Å². The molecule has 0 saturated carbocycles. The summed E-state index contributed by atoms with van der Waals surface area (Å²) >= 11 is 0. The van der Waals surface area contributed by atoms with Crippen molar-refractivity contribution >= 4 is 27.4 Å². The Morgan fingerprint density at radius 3 is 2.57 bits per heavy atom. The largest absolute Gasteiger partial charge is 0.494 e. The summed E-state index contributed by atoms with van der Waals surface area (Å²) in [5, 5.41) is 0. The predicted molar refractivity (Wildman–Crippen MR) is 79.1 cm³/mol. The number of carbonyl (C=O) groups excluding carboxylic acids is 1. The monoisotopic (exact) mass is 314 g/mol. The molecule has 0 atom stereocenters. The third kappa shape index (κ3) is 2.90. The number of anilines is 2. The molecule has 0 bridgehead atoms. The lowest BCUT2D eigenvalue weighted by Gasteiger charge is -2.30. The number of hydrogen-bond donors (Lipinski definition) is 1. The average molecular weight is 314 g/mol. The van der Waals surface area contributed by atoms with Crippen molar-refractivity contribution in [1.29, 1.82) is 0 Å². The van der Waals surface area contributed by atoms with E-state index in [1.165, 1.54) is 30.7 Å². The zero-order chi connectivity index (χ0) is 15.6. The SMILES string of the molecule is COC(=O)c1cc(N)cc(N2CCCCS2(=O)=O)c1OC. The summed E-state index contributed by atoms with van der Waals surface area (Å²) in [6.07, 6.45) is 1.36. The predicted octanol–water partition coefficient (Wildman–Crippen LogP) is 0.994. The number of hydrogen-bond acceptors (Lipinski definition) is 6. The van der Waals surface area contributed by atoms with Crippen LogP contribution in [0.25, 0.3) is 0 Å². The molecule has 1 saturated heterocycles. The summed E-state index contributed by atoms with van der Waals surface area (Å²) in [6, 6.07) is 2.90.